The molecule has 1 aromatic rings. The molecule has 1 aliphatic carbocycles. The second-order valence-electron chi connectivity index (χ2n) is 8.30. The van der Waals surface area contributed by atoms with Crippen molar-refractivity contribution in [2.75, 3.05) is 19.0 Å². The van der Waals surface area contributed by atoms with Crippen molar-refractivity contribution in [3.05, 3.63) is 53.3 Å². The van der Waals surface area contributed by atoms with Crippen molar-refractivity contribution in [2.24, 2.45) is 5.41 Å². The highest BCUT2D eigenvalue weighted by Gasteiger charge is 2.80. The van der Waals surface area contributed by atoms with Crippen LogP contribution in [-0.4, -0.2) is 47.7 Å². The quantitative estimate of drug-likeness (QED) is 0.584. The fourth-order valence-corrected chi connectivity index (χ4v) is 6.52. The second-order valence-corrected chi connectivity index (χ2v) is 8.30. The first-order chi connectivity index (χ1) is 13.0. The Bertz CT molecular complexity index is 955. The molecule has 4 bridgehead atoms. The Morgan fingerprint density at radius 2 is 2.22 bits per heavy atom. The summed E-state index contributed by atoms with van der Waals surface area (Å²) >= 11 is 0. The average molecular weight is 366 g/mol. The number of hydrogen-bond acceptors (Lipinski definition) is 6. The van der Waals surface area contributed by atoms with Gasteiger partial charge in [-0.2, -0.15) is 0 Å². The van der Waals surface area contributed by atoms with Crippen molar-refractivity contribution in [3.8, 4) is 0 Å². The van der Waals surface area contributed by atoms with Gasteiger partial charge in [-0.1, -0.05) is 30.4 Å². The Labute approximate surface area is 157 Å². The third-order valence-electron chi connectivity index (χ3n) is 7.57. The number of carbonyl (C=O) groups is 1. The largest absolute Gasteiger partial charge is 0.466 e. The molecule has 1 spiro atoms. The predicted octanol–water partition coefficient (Wildman–Crippen LogP) is 1.88. The minimum atomic E-state index is -1.15. The van der Waals surface area contributed by atoms with Crippen LogP contribution in [-0.2, 0) is 19.7 Å². The molecule has 0 radical (unpaired) electrons. The molecule has 140 valence electrons. The number of rotatable bonds is 1. The van der Waals surface area contributed by atoms with Gasteiger partial charge in [0.15, 0.2) is 0 Å². The van der Waals surface area contributed by atoms with Crippen molar-refractivity contribution in [1.29, 1.82) is 0 Å². The van der Waals surface area contributed by atoms with Crippen LogP contribution in [0.5, 0.6) is 0 Å². The maximum atomic E-state index is 12.8. The third-order valence-corrected chi connectivity index (χ3v) is 7.57. The van der Waals surface area contributed by atoms with Gasteiger partial charge in [-0.15, -0.1) is 0 Å². The normalized spacial score (nSPS) is 45.2. The first-order valence-electron chi connectivity index (χ1n) is 9.50. The molecule has 6 heteroatoms. The number of anilines is 1. The Morgan fingerprint density at radius 1 is 1.41 bits per heavy atom. The minimum Gasteiger partial charge on any atom is -0.466 e. The van der Waals surface area contributed by atoms with Crippen LogP contribution < -0.4 is 5.32 Å². The lowest BCUT2D eigenvalue weighted by Crippen LogP contribution is -2.75. The van der Waals surface area contributed by atoms with E-state index in [0.717, 1.165) is 16.9 Å². The zero-order chi connectivity index (χ0) is 18.6. The van der Waals surface area contributed by atoms with Crippen LogP contribution in [0, 0.1) is 5.41 Å². The number of nitrogens with zero attached hydrogens (tertiary/aromatic N) is 1. The number of hydrogen-bond donors (Lipinski definition) is 2. The van der Waals surface area contributed by atoms with Crippen LogP contribution in [0.2, 0.25) is 0 Å². The van der Waals surface area contributed by atoms with E-state index in [1.807, 2.05) is 25.1 Å². The summed E-state index contributed by atoms with van der Waals surface area (Å²) < 4.78 is 11.6. The summed E-state index contributed by atoms with van der Waals surface area (Å²) in [6.45, 7) is 2.65. The summed E-state index contributed by atoms with van der Waals surface area (Å²) in [5, 5.41) is 16.0. The highest BCUT2D eigenvalue weighted by molar-refractivity contribution is 5.93. The number of ether oxygens (including phenoxy) is 2. The van der Waals surface area contributed by atoms with Crippen molar-refractivity contribution in [1.82, 2.24) is 4.90 Å². The molecule has 2 unspecified atom stereocenters. The molecule has 4 heterocycles. The molecule has 4 aliphatic heterocycles. The number of para-hydroxylation sites is 1. The van der Waals surface area contributed by atoms with Crippen molar-refractivity contribution >= 4 is 11.7 Å². The maximum Gasteiger partial charge on any atom is 0.335 e. The van der Waals surface area contributed by atoms with Gasteiger partial charge in [0.1, 0.15) is 12.0 Å². The predicted molar refractivity (Wildman–Crippen MR) is 97.6 cm³/mol. The van der Waals surface area contributed by atoms with Crippen LogP contribution in [0.4, 0.5) is 5.69 Å². The SMILES string of the molecule is COC(=O)C1=C2Nc3ccccc3[C@@]23C[C@H]2OC(C)[C@@]4(C=CCN2[C@]34O)C1. The molecule has 2 saturated heterocycles. The summed E-state index contributed by atoms with van der Waals surface area (Å²) in [4.78, 5) is 14.9. The first kappa shape index (κ1) is 15.9. The van der Waals surface area contributed by atoms with Gasteiger partial charge in [0.05, 0.1) is 29.6 Å². The topological polar surface area (TPSA) is 71.0 Å². The smallest absolute Gasteiger partial charge is 0.335 e. The molecule has 6 nitrogen and oxygen atoms in total. The lowest BCUT2D eigenvalue weighted by atomic mass is 9.52. The minimum absolute atomic E-state index is 0.192. The van der Waals surface area contributed by atoms with Crippen LogP contribution in [0.15, 0.2) is 47.7 Å². The summed E-state index contributed by atoms with van der Waals surface area (Å²) in [5.74, 6) is -0.339. The van der Waals surface area contributed by atoms with Gasteiger partial charge in [-0.05, 0) is 25.0 Å². The van der Waals surface area contributed by atoms with Crippen molar-refractivity contribution < 1.29 is 19.4 Å². The highest BCUT2D eigenvalue weighted by Crippen LogP contribution is 2.72. The molecule has 5 aliphatic rings. The lowest BCUT2D eigenvalue weighted by molar-refractivity contribution is -0.302. The summed E-state index contributed by atoms with van der Waals surface area (Å²) in [7, 11) is 1.41. The standard InChI is InChI=1S/C21H22N2O4/c1-12-19-8-5-9-23-16(27-12)11-20(21(19,23)25)14-6-3-4-7-15(14)22-17(20)13(10-19)18(24)26-2/h3-8,12,16,22,25H,9-11H2,1-2H3/t12?,16-,19-,20+,21-/m1/s1. The second kappa shape index (κ2) is 4.63. The Balaban J connectivity index is 1.76. The van der Waals surface area contributed by atoms with Gasteiger partial charge >= 0.3 is 5.97 Å². The highest BCUT2D eigenvalue weighted by atomic mass is 16.5. The molecule has 0 saturated carbocycles. The molecule has 2 N–H and O–H groups in total. The molecule has 0 amide bonds. The average Bonchev–Trinajstić information content (AvgIpc) is 3.11. The molecule has 6 atom stereocenters. The zero-order valence-corrected chi connectivity index (χ0v) is 15.4. The first-order valence-corrected chi connectivity index (χ1v) is 9.50. The number of fused-ring (bicyclic) bond motifs is 1. The number of aliphatic hydroxyl groups is 1. The van der Waals surface area contributed by atoms with Gasteiger partial charge in [0.25, 0.3) is 0 Å². The molecule has 27 heavy (non-hydrogen) atoms. The fraction of sp³-hybridized carbons (Fsp3) is 0.476. The van der Waals surface area contributed by atoms with Gasteiger partial charge in [0, 0.05) is 24.4 Å². The Hall–Kier alpha value is -2.15. The van der Waals surface area contributed by atoms with E-state index in [9.17, 15) is 9.90 Å². The summed E-state index contributed by atoms with van der Waals surface area (Å²) in [6, 6.07) is 8.04. The van der Waals surface area contributed by atoms with E-state index in [4.69, 9.17) is 9.47 Å². The maximum absolute atomic E-state index is 12.8. The molecule has 2 fully saturated rings. The van der Waals surface area contributed by atoms with Gasteiger partial charge in [-0.3, -0.25) is 0 Å². The van der Waals surface area contributed by atoms with Crippen LogP contribution in [0.3, 0.4) is 0 Å². The number of benzene rings is 1. The Morgan fingerprint density at radius 3 is 3.04 bits per heavy atom. The van der Waals surface area contributed by atoms with Crippen LogP contribution in [0.25, 0.3) is 0 Å². The van der Waals surface area contributed by atoms with E-state index in [1.165, 1.54) is 7.11 Å². The van der Waals surface area contributed by atoms with Crippen molar-refractivity contribution in [3.63, 3.8) is 0 Å². The molecule has 6 rings (SSSR count). The molecule has 0 aromatic heterocycles. The fourth-order valence-electron chi connectivity index (χ4n) is 6.52. The number of methoxy groups -OCH3 is 1. The lowest BCUT2D eigenvalue weighted by Gasteiger charge is -2.63. The van der Waals surface area contributed by atoms with Gasteiger partial charge < -0.3 is 19.9 Å². The molecular weight excluding hydrogens is 344 g/mol. The summed E-state index contributed by atoms with van der Waals surface area (Å²) in [6.07, 6.45) is 4.77. The van der Waals surface area contributed by atoms with E-state index in [2.05, 4.69) is 28.4 Å². The molecular formula is C21H22N2O4. The number of esters is 1. The third kappa shape index (κ3) is 1.41. The zero-order valence-electron chi connectivity index (χ0n) is 15.4. The van der Waals surface area contributed by atoms with Crippen molar-refractivity contribution in [2.45, 2.75) is 43.2 Å². The number of nitrogens with one attached hydrogen (secondary N) is 1. The van der Waals surface area contributed by atoms with E-state index in [1.54, 1.807) is 0 Å². The van der Waals surface area contributed by atoms with E-state index >= 15 is 0 Å². The number of carbonyl (C=O) groups excluding carboxylic acids is 1. The van der Waals surface area contributed by atoms with E-state index in [0.29, 0.717) is 25.0 Å². The van der Waals surface area contributed by atoms with Crippen LogP contribution in [0.1, 0.15) is 25.3 Å². The molecule has 1 aromatic carbocycles. The van der Waals surface area contributed by atoms with Gasteiger partial charge in [-0.25, -0.2) is 9.69 Å². The van der Waals surface area contributed by atoms with E-state index < -0.39 is 16.6 Å². The summed E-state index contributed by atoms with van der Waals surface area (Å²) in [5.41, 5.74) is 0.799. The van der Waals surface area contributed by atoms with Crippen LogP contribution >= 0.6 is 0 Å². The van der Waals surface area contributed by atoms with Gasteiger partial charge in [0.2, 0.25) is 0 Å². The van der Waals surface area contributed by atoms with E-state index in [-0.39, 0.29) is 18.3 Å². The monoisotopic (exact) mass is 366 g/mol. The Kier molecular flexibility index (Phi) is 2.72.